The third kappa shape index (κ3) is 1.54. The SMILES string of the molecule is COC(=O)C1CC=NNC1=O. The molecule has 1 unspecified atom stereocenters. The average Bonchev–Trinajstić information content (AvgIpc) is 2.04. The van der Waals surface area contributed by atoms with Crippen LogP contribution in [0, 0.1) is 5.92 Å². The van der Waals surface area contributed by atoms with Crippen LogP contribution in [0.4, 0.5) is 0 Å². The summed E-state index contributed by atoms with van der Waals surface area (Å²) in [6.07, 6.45) is 1.79. The molecule has 11 heavy (non-hydrogen) atoms. The van der Waals surface area contributed by atoms with Crippen LogP contribution >= 0.6 is 0 Å². The van der Waals surface area contributed by atoms with Gasteiger partial charge in [0.15, 0.2) is 0 Å². The molecular formula is C6H8N2O3. The number of carbonyl (C=O) groups is 2. The molecule has 0 fully saturated rings. The Labute approximate surface area is 63.4 Å². The van der Waals surface area contributed by atoms with E-state index < -0.39 is 17.8 Å². The van der Waals surface area contributed by atoms with Crippen molar-refractivity contribution >= 4 is 18.1 Å². The molecule has 0 spiro atoms. The van der Waals surface area contributed by atoms with E-state index in [9.17, 15) is 9.59 Å². The molecule has 1 amide bonds. The van der Waals surface area contributed by atoms with Crippen LogP contribution < -0.4 is 5.43 Å². The second-order valence-electron chi connectivity index (χ2n) is 2.10. The largest absolute Gasteiger partial charge is 0.468 e. The molecule has 1 aliphatic rings. The highest BCUT2D eigenvalue weighted by atomic mass is 16.5. The van der Waals surface area contributed by atoms with Crippen LogP contribution in [0.3, 0.4) is 0 Å². The Morgan fingerprint density at radius 3 is 3.18 bits per heavy atom. The second kappa shape index (κ2) is 3.14. The van der Waals surface area contributed by atoms with Crippen LogP contribution in [-0.4, -0.2) is 25.2 Å². The van der Waals surface area contributed by atoms with E-state index in [0.29, 0.717) is 6.42 Å². The Balaban J connectivity index is 2.64. The monoisotopic (exact) mass is 156 g/mol. The smallest absolute Gasteiger partial charge is 0.318 e. The quantitative estimate of drug-likeness (QED) is 0.402. The normalized spacial score (nSPS) is 22.6. The van der Waals surface area contributed by atoms with E-state index in [-0.39, 0.29) is 0 Å². The number of esters is 1. The van der Waals surface area contributed by atoms with Crippen molar-refractivity contribution < 1.29 is 14.3 Å². The zero-order chi connectivity index (χ0) is 8.27. The summed E-state index contributed by atoms with van der Waals surface area (Å²) in [6.45, 7) is 0. The van der Waals surface area contributed by atoms with E-state index in [1.165, 1.54) is 13.3 Å². The Hall–Kier alpha value is -1.39. The van der Waals surface area contributed by atoms with Gasteiger partial charge in [0.1, 0.15) is 5.92 Å². The number of hydrogen-bond acceptors (Lipinski definition) is 4. The van der Waals surface area contributed by atoms with Gasteiger partial charge >= 0.3 is 5.97 Å². The van der Waals surface area contributed by atoms with Gasteiger partial charge in [-0.2, -0.15) is 5.10 Å². The molecule has 5 nitrogen and oxygen atoms in total. The van der Waals surface area contributed by atoms with Crippen LogP contribution in [-0.2, 0) is 14.3 Å². The predicted octanol–water partition coefficient (Wildman–Crippen LogP) is -0.719. The van der Waals surface area contributed by atoms with Gasteiger partial charge in [0, 0.05) is 12.6 Å². The Kier molecular flexibility index (Phi) is 2.20. The number of hydrogen-bond donors (Lipinski definition) is 1. The summed E-state index contributed by atoms with van der Waals surface area (Å²) in [5.74, 6) is -1.65. The first-order valence-electron chi connectivity index (χ1n) is 3.15. The summed E-state index contributed by atoms with van der Waals surface area (Å²) in [5.41, 5.74) is 2.18. The maximum atomic E-state index is 10.9. The summed E-state index contributed by atoms with van der Waals surface area (Å²) in [4.78, 5) is 21.7. The Morgan fingerprint density at radius 1 is 1.91 bits per heavy atom. The van der Waals surface area contributed by atoms with Crippen molar-refractivity contribution in [2.75, 3.05) is 7.11 Å². The molecule has 0 aromatic carbocycles. The molecular weight excluding hydrogens is 148 g/mol. The van der Waals surface area contributed by atoms with Gasteiger partial charge in [0.2, 0.25) is 0 Å². The highest BCUT2D eigenvalue weighted by Gasteiger charge is 2.28. The van der Waals surface area contributed by atoms with Crippen LogP contribution in [0.1, 0.15) is 6.42 Å². The van der Waals surface area contributed by atoms with Gasteiger partial charge in [-0.05, 0) is 0 Å². The van der Waals surface area contributed by atoms with Crippen molar-refractivity contribution in [2.45, 2.75) is 6.42 Å². The number of nitrogens with zero attached hydrogens (tertiary/aromatic N) is 1. The first-order chi connectivity index (χ1) is 5.25. The minimum Gasteiger partial charge on any atom is -0.468 e. The molecule has 60 valence electrons. The molecule has 0 aromatic heterocycles. The van der Waals surface area contributed by atoms with Gasteiger partial charge in [-0.25, -0.2) is 5.43 Å². The predicted molar refractivity (Wildman–Crippen MR) is 36.8 cm³/mol. The zero-order valence-electron chi connectivity index (χ0n) is 6.03. The summed E-state index contributed by atoms with van der Waals surface area (Å²) < 4.78 is 4.40. The average molecular weight is 156 g/mol. The van der Waals surface area contributed by atoms with Crippen molar-refractivity contribution in [1.29, 1.82) is 0 Å². The minimum absolute atomic E-state index is 0.318. The van der Waals surface area contributed by atoms with Crippen molar-refractivity contribution in [2.24, 2.45) is 11.0 Å². The highest BCUT2D eigenvalue weighted by Crippen LogP contribution is 2.06. The maximum absolute atomic E-state index is 10.9. The van der Waals surface area contributed by atoms with Gasteiger partial charge in [0.05, 0.1) is 7.11 Å². The lowest BCUT2D eigenvalue weighted by atomic mass is 10.1. The molecule has 5 heteroatoms. The van der Waals surface area contributed by atoms with E-state index in [0.717, 1.165) is 0 Å². The number of hydrazone groups is 1. The highest BCUT2D eigenvalue weighted by molar-refractivity contribution is 6.01. The van der Waals surface area contributed by atoms with Gasteiger partial charge in [-0.3, -0.25) is 9.59 Å². The van der Waals surface area contributed by atoms with E-state index in [2.05, 4.69) is 15.3 Å². The topological polar surface area (TPSA) is 67.8 Å². The number of carbonyl (C=O) groups excluding carboxylic acids is 2. The minimum atomic E-state index is -0.725. The molecule has 1 N–H and O–H groups in total. The first-order valence-corrected chi connectivity index (χ1v) is 3.15. The molecule has 0 saturated heterocycles. The molecule has 0 aliphatic carbocycles. The molecule has 1 atom stereocenters. The molecule has 1 rings (SSSR count). The van der Waals surface area contributed by atoms with Crippen LogP contribution in [0.15, 0.2) is 5.10 Å². The summed E-state index contributed by atoms with van der Waals surface area (Å²) in [5, 5.41) is 3.49. The van der Waals surface area contributed by atoms with Gasteiger partial charge in [0.25, 0.3) is 5.91 Å². The van der Waals surface area contributed by atoms with Gasteiger partial charge in [-0.15, -0.1) is 0 Å². The number of methoxy groups -OCH3 is 1. The maximum Gasteiger partial charge on any atom is 0.318 e. The van der Waals surface area contributed by atoms with Crippen molar-refractivity contribution in [1.82, 2.24) is 5.43 Å². The fourth-order valence-corrected chi connectivity index (χ4v) is 0.798. The molecule has 1 heterocycles. The first kappa shape index (κ1) is 7.71. The lowest BCUT2D eigenvalue weighted by molar-refractivity contribution is -0.149. The van der Waals surface area contributed by atoms with E-state index in [4.69, 9.17) is 0 Å². The van der Waals surface area contributed by atoms with Crippen molar-refractivity contribution in [3.63, 3.8) is 0 Å². The number of ether oxygens (including phenoxy) is 1. The van der Waals surface area contributed by atoms with Crippen LogP contribution in [0.2, 0.25) is 0 Å². The summed E-state index contributed by atoms with van der Waals surface area (Å²) in [7, 11) is 1.25. The van der Waals surface area contributed by atoms with Crippen molar-refractivity contribution in [3.05, 3.63) is 0 Å². The van der Waals surface area contributed by atoms with Gasteiger partial charge < -0.3 is 4.74 Å². The summed E-state index contributed by atoms with van der Waals surface area (Å²) >= 11 is 0. The number of nitrogens with one attached hydrogen (secondary N) is 1. The van der Waals surface area contributed by atoms with E-state index in [1.54, 1.807) is 0 Å². The lowest BCUT2D eigenvalue weighted by Crippen LogP contribution is -2.36. The second-order valence-corrected chi connectivity index (χ2v) is 2.10. The molecule has 0 saturated carbocycles. The zero-order valence-corrected chi connectivity index (χ0v) is 6.03. The molecule has 0 radical (unpaired) electrons. The third-order valence-corrected chi connectivity index (χ3v) is 1.41. The standard InChI is InChI=1S/C6H8N2O3/c1-11-6(10)4-2-3-7-8-5(4)9/h3-4H,2H2,1H3,(H,8,9). The Morgan fingerprint density at radius 2 is 2.64 bits per heavy atom. The molecule has 1 aliphatic heterocycles. The van der Waals surface area contributed by atoms with Gasteiger partial charge in [-0.1, -0.05) is 0 Å². The number of amides is 1. The van der Waals surface area contributed by atoms with Crippen molar-refractivity contribution in [3.8, 4) is 0 Å². The fourth-order valence-electron chi connectivity index (χ4n) is 0.798. The summed E-state index contributed by atoms with van der Waals surface area (Å²) in [6, 6.07) is 0. The van der Waals surface area contributed by atoms with Crippen LogP contribution in [0.25, 0.3) is 0 Å². The van der Waals surface area contributed by atoms with E-state index >= 15 is 0 Å². The lowest BCUT2D eigenvalue weighted by Gasteiger charge is -2.13. The molecule has 0 aromatic rings. The molecule has 0 bridgehead atoms. The Bertz CT molecular complexity index is 212. The third-order valence-electron chi connectivity index (χ3n) is 1.41. The number of rotatable bonds is 1. The fraction of sp³-hybridized carbons (Fsp3) is 0.500. The van der Waals surface area contributed by atoms with E-state index in [1.807, 2.05) is 0 Å². The van der Waals surface area contributed by atoms with Crippen LogP contribution in [0.5, 0.6) is 0 Å².